The molecule has 0 spiro atoms. The van der Waals surface area contributed by atoms with Crippen molar-refractivity contribution in [3.05, 3.63) is 75.0 Å². The lowest BCUT2D eigenvalue weighted by molar-refractivity contribution is -0.129. The van der Waals surface area contributed by atoms with Gasteiger partial charge >= 0.3 is 0 Å². The zero-order valence-electron chi connectivity index (χ0n) is 25.8. The maximum Gasteiger partial charge on any atom is 0.219 e. The number of thiophene rings is 1. The first-order valence-electron chi connectivity index (χ1n) is 15.4. The molecule has 0 saturated carbocycles. The number of methoxy groups -OCH3 is 1. The smallest absolute Gasteiger partial charge is 0.219 e. The molecule has 1 amide bonds. The Morgan fingerprint density at radius 2 is 2.00 bits per heavy atom. The number of carbonyl (C=O) groups is 2. The van der Waals surface area contributed by atoms with Crippen molar-refractivity contribution in [1.82, 2.24) is 4.90 Å². The average molecular weight is 599 g/mol. The van der Waals surface area contributed by atoms with Crippen LogP contribution in [-0.2, 0) is 9.59 Å². The summed E-state index contributed by atoms with van der Waals surface area (Å²) < 4.78 is 12.2. The Morgan fingerprint density at radius 1 is 1.21 bits per heavy atom. The van der Waals surface area contributed by atoms with E-state index in [1.165, 1.54) is 0 Å². The zero-order valence-corrected chi connectivity index (χ0v) is 26.6. The SMILES string of the molecule is C/C=C\C(=C/CCC)c1cc2c(cc1OC)OCC1=C2/C(=C\c2ccsc2)CN=C1C(=O)C1CCCN(C(C)=O)CCC1. The van der Waals surface area contributed by atoms with E-state index < -0.39 is 0 Å². The molecule has 0 aliphatic carbocycles. The van der Waals surface area contributed by atoms with E-state index >= 15 is 0 Å². The number of Topliss-reactive ketones (excluding diaryl/α,β-unsaturated/α-hetero) is 1. The number of amides is 1. The number of unbranched alkanes of at least 4 members (excludes halogenated alkanes) is 1. The zero-order chi connectivity index (χ0) is 30.3. The molecule has 4 heterocycles. The number of likely N-dealkylation sites (tertiary alicyclic amines) is 1. The molecule has 0 bridgehead atoms. The van der Waals surface area contributed by atoms with Crippen molar-refractivity contribution in [2.75, 3.05) is 33.4 Å². The molecule has 1 saturated heterocycles. The first-order chi connectivity index (χ1) is 20.9. The van der Waals surface area contributed by atoms with Gasteiger partial charge in [0, 0.05) is 48.7 Å². The number of ether oxygens (including phenoxy) is 2. The highest BCUT2D eigenvalue weighted by molar-refractivity contribution is 7.08. The number of hydrogen-bond donors (Lipinski definition) is 0. The Morgan fingerprint density at radius 3 is 2.65 bits per heavy atom. The predicted octanol–water partition coefficient (Wildman–Crippen LogP) is 7.81. The highest BCUT2D eigenvalue weighted by atomic mass is 32.1. The fourth-order valence-corrected chi connectivity index (χ4v) is 6.90. The van der Waals surface area contributed by atoms with Crippen LogP contribution in [0.3, 0.4) is 0 Å². The van der Waals surface area contributed by atoms with Crippen molar-refractivity contribution in [1.29, 1.82) is 0 Å². The molecule has 1 aromatic carbocycles. The van der Waals surface area contributed by atoms with Crippen LogP contribution in [0.2, 0.25) is 0 Å². The van der Waals surface area contributed by atoms with E-state index in [1.54, 1.807) is 25.4 Å². The average Bonchev–Trinajstić information content (AvgIpc) is 3.51. The quantitative estimate of drug-likeness (QED) is 0.291. The van der Waals surface area contributed by atoms with E-state index in [1.807, 2.05) is 17.9 Å². The number of ketones is 1. The molecule has 7 heteroatoms. The summed E-state index contributed by atoms with van der Waals surface area (Å²) in [5.74, 6) is 1.64. The molecule has 3 aliphatic heterocycles. The Labute approximate surface area is 259 Å². The number of dihydropyridines is 1. The molecule has 2 aromatic rings. The van der Waals surface area contributed by atoms with Crippen molar-refractivity contribution >= 4 is 46.0 Å². The van der Waals surface area contributed by atoms with Crippen LogP contribution in [0.4, 0.5) is 0 Å². The number of rotatable bonds is 8. The number of allylic oxidation sites excluding steroid dienone is 4. The summed E-state index contributed by atoms with van der Waals surface area (Å²) in [6.45, 7) is 7.96. The summed E-state index contributed by atoms with van der Waals surface area (Å²) in [5, 5.41) is 4.21. The summed E-state index contributed by atoms with van der Waals surface area (Å²) in [7, 11) is 1.70. The third kappa shape index (κ3) is 6.77. The predicted molar refractivity (Wildman–Crippen MR) is 177 cm³/mol. The minimum Gasteiger partial charge on any atom is -0.496 e. The molecular formula is C36H42N2O4S. The van der Waals surface area contributed by atoms with Gasteiger partial charge in [-0.3, -0.25) is 14.6 Å². The van der Waals surface area contributed by atoms with E-state index in [2.05, 4.69) is 54.1 Å². The maximum atomic E-state index is 14.1. The van der Waals surface area contributed by atoms with E-state index in [4.69, 9.17) is 14.5 Å². The van der Waals surface area contributed by atoms with Crippen LogP contribution in [0.15, 0.2) is 63.3 Å². The van der Waals surface area contributed by atoms with Crippen molar-refractivity contribution < 1.29 is 19.1 Å². The summed E-state index contributed by atoms with van der Waals surface area (Å²) in [4.78, 5) is 32.9. The summed E-state index contributed by atoms with van der Waals surface area (Å²) in [6.07, 6.45) is 13.8. The molecule has 5 rings (SSSR count). The third-order valence-electron chi connectivity index (χ3n) is 8.46. The lowest BCUT2D eigenvalue weighted by Crippen LogP contribution is -2.36. The number of nitrogens with zero attached hydrogens (tertiary/aromatic N) is 2. The van der Waals surface area contributed by atoms with Crippen LogP contribution < -0.4 is 9.47 Å². The van der Waals surface area contributed by atoms with E-state index in [0.717, 1.165) is 89.0 Å². The van der Waals surface area contributed by atoms with Crippen LogP contribution in [0, 0.1) is 5.92 Å². The summed E-state index contributed by atoms with van der Waals surface area (Å²) >= 11 is 1.67. The van der Waals surface area contributed by atoms with Gasteiger partial charge in [0.25, 0.3) is 0 Å². The van der Waals surface area contributed by atoms with Crippen LogP contribution in [0.25, 0.3) is 17.2 Å². The molecule has 0 unspecified atom stereocenters. The minimum atomic E-state index is -0.102. The van der Waals surface area contributed by atoms with Crippen LogP contribution in [-0.4, -0.2) is 55.7 Å². The van der Waals surface area contributed by atoms with Crippen LogP contribution >= 0.6 is 11.3 Å². The fraction of sp³-hybridized carbons (Fsp3) is 0.417. The molecule has 1 aromatic heterocycles. The van der Waals surface area contributed by atoms with Crippen LogP contribution in [0.5, 0.6) is 11.5 Å². The molecule has 0 N–H and O–H groups in total. The van der Waals surface area contributed by atoms with Gasteiger partial charge in [0.2, 0.25) is 5.91 Å². The van der Waals surface area contributed by atoms with Crippen molar-refractivity contribution in [2.24, 2.45) is 10.9 Å². The molecule has 1 fully saturated rings. The van der Waals surface area contributed by atoms with Gasteiger partial charge < -0.3 is 14.4 Å². The normalized spacial score (nSPS) is 19.0. The van der Waals surface area contributed by atoms with Gasteiger partial charge in [0.15, 0.2) is 5.78 Å². The van der Waals surface area contributed by atoms with Crippen molar-refractivity contribution in [3.8, 4) is 11.5 Å². The molecule has 226 valence electrons. The Hall–Kier alpha value is -3.71. The number of benzene rings is 1. The number of aliphatic imine (C=N–C) groups is 1. The van der Waals surface area contributed by atoms with Gasteiger partial charge in [-0.2, -0.15) is 11.3 Å². The van der Waals surface area contributed by atoms with Gasteiger partial charge in [-0.05, 0) is 90.3 Å². The van der Waals surface area contributed by atoms with Crippen molar-refractivity contribution in [2.45, 2.75) is 59.3 Å². The Bertz CT molecular complexity index is 1500. The number of hydrogen-bond acceptors (Lipinski definition) is 6. The highest BCUT2D eigenvalue weighted by Crippen LogP contribution is 2.45. The van der Waals surface area contributed by atoms with Gasteiger partial charge in [0.05, 0.1) is 13.7 Å². The second-order valence-corrected chi connectivity index (χ2v) is 12.2. The van der Waals surface area contributed by atoms with E-state index in [0.29, 0.717) is 25.3 Å². The maximum absolute atomic E-state index is 14.1. The molecular weight excluding hydrogens is 556 g/mol. The number of fused-ring (bicyclic) bond motifs is 2. The minimum absolute atomic E-state index is 0.102. The summed E-state index contributed by atoms with van der Waals surface area (Å²) in [5.41, 5.74) is 7.79. The van der Waals surface area contributed by atoms with Gasteiger partial charge in [0.1, 0.15) is 23.8 Å². The van der Waals surface area contributed by atoms with Gasteiger partial charge in [-0.1, -0.05) is 31.6 Å². The van der Waals surface area contributed by atoms with Gasteiger partial charge in [-0.15, -0.1) is 0 Å². The second kappa shape index (κ2) is 14.2. The van der Waals surface area contributed by atoms with E-state index in [-0.39, 0.29) is 24.2 Å². The molecule has 43 heavy (non-hydrogen) atoms. The molecule has 0 radical (unpaired) electrons. The first kappa shape index (κ1) is 30.7. The van der Waals surface area contributed by atoms with Crippen molar-refractivity contribution in [3.63, 3.8) is 0 Å². The highest BCUT2D eigenvalue weighted by Gasteiger charge is 2.35. The molecule has 0 atom stereocenters. The van der Waals surface area contributed by atoms with Crippen LogP contribution in [0.1, 0.15) is 76.0 Å². The molecule has 3 aliphatic rings. The molecule has 6 nitrogen and oxygen atoms in total. The van der Waals surface area contributed by atoms with Gasteiger partial charge in [-0.25, -0.2) is 0 Å². The Kier molecular flexibility index (Phi) is 10.1. The Balaban J connectivity index is 1.59. The topological polar surface area (TPSA) is 68.2 Å². The van der Waals surface area contributed by atoms with E-state index in [9.17, 15) is 9.59 Å². The summed E-state index contributed by atoms with van der Waals surface area (Å²) in [6, 6.07) is 6.27. The second-order valence-electron chi connectivity index (χ2n) is 11.4. The monoisotopic (exact) mass is 598 g/mol. The fourth-order valence-electron chi connectivity index (χ4n) is 6.28. The standard InChI is InChI=1S/C36H42N2O4S/c1-5-7-11-26(10-6-2)29-19-30-33(20-32(29)41-4)42-22-31-34(30)28(18-25-14-17-43-23-25)21-37-35(31)36(40)27-12-8-15-38(24(3)39)16-9-13-27/h6,10-11,14,17-20,23,27H,5,7-9,12-13,15-16,21-22H2,1-4H3/b10-6-,26-11+,28-18-. The third-order valence-corrected chi connectivity index (χ3v) is 9.17. The largest absolute Gasteiger partial charge is 0.496 e. The first-order valence-corrected chi connectivity index (χ1v) is 16.4. The lowest BCUT2D eigenvalue weighted by Gasteiger charge is -2.32. The lowest BCUT2D eigenvalue weighted by atomic mass is 9.80. The number of carbonyl (C=O) groups excluding carboxylic acids is 2.